The molecule has 78 valence electrons. The van der Waals surface area contributed by atoms with Gasteiger partial charge in [-0.25, -0.2) is 4.98 Å². The van der Waals surface area contributed by atoms with Crippen molar-refractivity contribution in [3.8, 4) is 0 Å². The second-order valence-corrected chi connectivity index (χ2v) is 5.03. The van der Waals surface area contributed by atoms with Crippen LogP contribution in [0, 0.1) is 6.92 Å². The predicted octanol–water partition coefficient (Wildman–Crippen LogP) is 3.32. The van der Waals surface area contributed by atoms with Crippen molar-refractivity contribution in [3.05, 3.63) is 22.3 Å². The summed E-state index contributed by atoms with van der Waals surface area (Å²) in [5.74, 6) is 2.05. The van der Waals surface area contributed by atoms with Gasteiger partial charge in [-0.15, -0.1) is 0 Å². The van der Waals surface area contributed by atoms with Gasteiger partial charge in [0.15, 0.2) is 0 Å². The van der Waals surface area contributed by atoms with Gasteiger partial charge in [-0.3, -0.25) is 0 Å². The zero-order valence-electron chi connectivity index (χ0n) is 8.67. The summed E-state index contributed by atoms with van der Waals surface area (Å²) in [5.41, 5.74) is 1.02. The standard InChI is InChI=1S/C10H15BrN2S/c1-7(6-14-3)12-10-5-4-9(11)8(2)13-10/h4-5,7H,6H2,1-3H3,(H,12,13). The third-order valence-electron chi connectivity index (χ3n) is 1.83. The van der Waals surface area contributed by atoms with Gasteiger partial charge in [-0.05, 0) is 48.2 Å². The minimum Gasteiger partial charge on any atom is -0.367 e. The van der Waals surface area contributed by atoms with E-state index in [1.54, 1.807) is 0 Å². The molecule has 0 saturated heterocycles. The Labute approximate surface area is 98.0 Å². The van der Waals surface area contributed by atoms with Gasteiger partial charge in [0.1, 0.15) is 5.82 Å². The summed E-state index contributed by atoms with van der Waals surface area (Å²) in [5, 5.41) is 3.36. The summed E-state index contributed by atoms with van der Waals surface area (Å²) < 4.78 is 1.06. The molecule has 1 rings (SSSR count). The van der Waals surface area contributed by atoms with Crippen molar-refractivity contribution in [1.29, 1.82) is 0 Å². The van der Waals surface area contributed by atoms with E-state index in [4.69, 9.17) is 0 Å². The van der Waals surface area contributed by atoms with Gasteiger partial charge >= 0.3 is 0 Å². The lowest BCUT2D eigenvalue weighted by atomic mass is 10.3. The van der Waals surface area contributed by atoms with Crippen LogP contribution in [0.15, 0.2) is 16.6 Å². The smallest absolute Gasteiger partial charge is 0.126 e. The van der Waals surface area contributed by atoms with E-state index in [0.29, 0.717) is 6.04 Å². The van der Waals surface area contributed by atoms with E-state index >= 15 is 0 Å². The summed E-state index contributed by atoms with van der Waals surface area (Å²) >= 11 is 5.27. The van der Waals surface area contributed by atoms with Crippen molar-refractivity contribution < 1.29 is 0 Å². The lowest BCUT2D eigenvalue weighted by Crippen LogP contribution is -2.18. The minimum atomic E-state index is 0.457. The average Bonchev–Trinajstić information content (AvgIpc) is 2.12. The van der Waals surface area contributed by atoms with Crippen LogP contribution in [-0.2, 0) is 0 Å². The van der Waals surface area contributed by atoms with Crippen LogP contribution in [0.25, 0.3) is 0 Å². The van der Waals surface area contributed by atoms with Gasteiger partial charge in [0, 0.05) is 16.3 Å². The quantitative estimate of drug-likeness (QED) is 0.912. The maximum absolute atomic E-state index is 4.43. The topological polar surface area (TPSA) is 24.9 Å². The molecular formula is C10H15BrN2S. The number of hydrogen-bond acceptors (Lipinski definition) is 3. The number of pyridine rings is 1. The highest BCUT2D eigenvalue weighted by molar-refractivity contribution is 9.10. The fourth-order valence-corrected chi connectivity index (χ4v) is 1.97. The number of aryl methyl sites for hydroxylation is 1. The number of halogens is 1. The second kappa shape index (κ2) is 5.61. The van der Waals surface area contributed by atoms with Gasteiger partial charge < -0.3 is 5.32 Å². The van der Waals surface area contributed by atoms with Crippen LogP contribution in [0.5, 0.6) is 0 Å². The van der Waals surface area contributed by atoms with E-state index in [2.05, 4.69) is 39.4 Å². The number of thioether (sulfide) groups is 1. The summed E-state index contributed by atoms with van der Waals surface area (Å²) in [7, 11) is 0. The molecular weight excluding hydrogens is 260 g/mol. The van der Waals surface area contributed by atoms with Crippen molar-refractivity contribution in [3.63, 3.8) is 0 Å². The van der Waals surface area contributed by atoms with Crippen molar-refractivity contribution >= 4 is 33.5 Å². The zero-order valence-corrected chi connectivity index (χ0v) is 11.1. The Morgan fingerprint density at radius 2 is 2.29 bits per heavy atom. The number of nitrogens with one attached hydrogen (secondary N) is 1. The van der Waals surface area contributed by atoms with Crippen LogP contribution in [-0.4, -0.2) is 23.0 Å². The molecule has 0 aromatic carbocycles. The molecule has 0 bridgehead atoms. The van der Waals surface area contributed by atoms with E-state index in [9.17, 15) is 0 Å². The Hall–Kier alpha value is -0.220. The molecule has 2 nitrogen and oxygen atoms in total. The van der Waals surface area contributed by atoms with Gasteiger partial charge in [0.25, 0.3) is 0 Å². The van der Waals surface area contributed by atoms with E-state index in [1.807, 2.05) is 30.8 Å². The Balaban J connectivity index is 2.63. The number of rotatable bonds is 4. The number of hydrogen-bond donors (Lipinski definition) is 1. The highest BCUT2D eigenvalue weighted by Gasteiger charge is 2.03. The third-order valence-corrected chi connectivity index (χ3v) is 3.50. The van der Waals surface area contributed by atoms with Gasteiger partial charge in [-0.2, -0.15) is 11.8 Å². The largest absolute Gasteiger partial charge is 0.367 e. The Morgan fingerprint density at radius 1 is 1.57 bits per heavy atom. The molecule has 1 unspecified atom stereocenters. The molecule has 14 heavy (non-hydrogen) atoms. The van der Waals surface area contributed by atoms with Gasteiger partial charge in [0.2, 0.25) is 0 Å². The first kappa shape index (κ1) is 11.9. The first-order chi connectivity index (χ1) is 6.63. The van der Waals surface area contributed by atoms with Crippen LogP contribution in [0.1, 0.15) is 12.6 Å². The lowest BCUT2D eigenvalue weighted by Gasteiger charge is -2.13. The molecule has 1 atom stereocenters. The first-order valence-corrected chi connectivity index (χ1v) is 6.70. The molecule has 0 fully saturated rings. The summed E-state index contributed by atoms with van der Waals surface area (Å²) in [4.78, 5) is 4.43. The predicted molar refractivity (Wildman–Crippen MR) is 68.1 cm³/mol. The third kappa shape index (κ3) is 3.50. The zero-order chi connectivity index (χ0) is 10.6. The molecule has 4 heteroatoms. The number of anilines is 1. The molecule has 0 aliphatic rings. The molecule has 0 amide bonds. The van der Waals surface area contributed by atoms with E-state index in [0.717, 1.165) is 21.7 Å². The van der Waals surface area contributed by atoms with Crippen LogP contribution in [0.2, 0.25) is 0 Å². The Morgan fingerprint density at radius 3 is 2.86 bits per heavy atom. The maximum atomic E-state index is 4.43. The average molecular weight is 275 g/mol. The summed E-state index contributed by atoms with van der Waals surface area (Å²) in [6.07, 6.45) is 2.11. The molecule has 0 aliphatic carbocycles. The second-order valence-electron chi connectivity index (χ2n) is 3.26. The molecule has 0 radical (unpaired) electrons. The first-order valence-electron chi connectivity index (χ1n) is 4.52. The fraction of sp³-hybridized carbons (Fsp3) is 0.500. The normalized spacial score (nSPS) is 12.6. The van der Waals surface area contributed by atoms with Gasteiger partial charge in [0.05, 0.1) is 5.69 Å². The molecule has 0 saturated carbocycles. The van der Waals surface area contributed by atoms with Crippen LogP contribution >= 0.6 is 27.7 Å². The molecule has 1 N–H and O–H groups in total. The summed E-state index contributed by atoms with van der Waals surface area (Å²) in [6.45, 7) is 4.16. The maximum Gasteiger partial charge on any atom is 0.126 e. The Bertz CT molecular complexity index is 304. The molecule has 0 aliphatic heterocycles. The SMILES string of the molecule is CSCC(C)Nc1ccc(Br)c(C)n1. The van der Waals surface area contributed by atoms with Crippen LogP contribution in [0.3, 0.4) is 0 Å². The van der Waals surface area contributed by atoms with Gasteiger partial charge in [-0.1, -0.05) is 0 Å². The highest BCUT2D eigenvalue weighted by atomic mass is 79.9. The number of nitrogens with zero attached hydrogens (tertiary/aromatic N) is 1. The van der Waals surface area contributed by atoms with E-state index < -0.39 is 0 Å². The fourth-order valence-electron chi connectivity index (χ4n) is 1.17. The number of aromatic nitrogens is 1. The van der Waals surface area contributed by atoms with E-state index in [1.165, 1.54) is 0 Å². The van der Waals surface area contributed by atoms with Crippen molar-refractivity contribution in [2.24, 2.45) is 0 Å². The van der Waals surface area contributed by atoms with Crippen LogP contribution in [0.4, 0.5) is 5.82 Å². The lowest BCUT2D eigenvalue weighted by molar-refractivity contribution is 0.900. The van der Waals surface area contributed by atoms with Crippen molar-refractivity contribution in [2.45, 2.75) is 19.9 Å². The molecule has 0 spiro atoms. The highest BCUT2D eigenvalue weighted by Crippen LogP contribution is 2.16. The monoisotopic (exact) mass is 274 g/mol. The van der Waals surface area contributed by atoms with Crippen molar-refractivity contribution in [2.75, 3.05) is 17.3 Å². The van der Waals surface area contributed by atoms with Crippen molar-refractivity contribution in [1.82, 2.24) is 4.98 Å². The Kier molecular flexibility index (Phi) is 4.75. The minimum absolute atomic E-state index is 0.457. The summed E-state index contributed by atoms with van der Waals surface area (Å²) in [6, 6.07) is 4.47. The van der Waals surface area contributed by atoms with E-state index in [-0.39, 0.29) is 0 Å². The van der Waals surface area contributed by atoms with Crippen LogP contribution < -0.4 is 5.32 Å². The molecule has 1 aromatic rings. The molecule has 1 heterocycles. The molecule has 1 aromatic heterocycles.